The molecule has 0 aliphatic carbocycles. The summed E-state index contributed by atoms with van der Waals surface area (Å²) >= 11 is 0. The Morgan fingerprint density at radius 3 is 2.40 bits per heavy atom. The van der Waals surface area contributed by atoms with Gasteiger partial charge in [-0.05, 0) is 36.6 Å². The number of ether oxygens (including phenoxy) is 2. The first kappa shape index (κ1) is 22.2. The molecule has 174 valence electrons. The first-order chi connectivity index (χ1) is 17.1. The number of hydrogen-bond acceptors (Lipinski definition) is 5. The van der Waals surface area contributed by atoms with Crippen LogP contribution in [0.4, 0.5) is 11.4 Å². The molecule has 0 unspecified atom stereocenters. The van der Waals surface area contributed by atoms with Gasteiger partial charge in [0.15, 0.2) is 0 Å². The second-order valence-electron chi connectivity index (χ2n) is 7.98. The lowest BCUT2D eigenvalue weighted by molar-refractivity contribution is -0.120. The minimum atomic E-state index is -0.447. The van der Waals surface area contributed by atoms with Crippen molar-refractivity contribution < 1.29 is 19.1 Å². The number of amides is 2. The van der Waals surface area contributed by atoms with Crippen LogP contribution in [0.2, 0.25) is 0 Å². The molecule has 0 spiro atoms. The van der Waals surface area contributed by atoms with Crippen LogP contribution in [0.3, 0.4) is 0 Å². The molecule has 1 N–H and O–H groups in total. The lowest BCUT2D eigenvalue weighted by atomic mass is 10.0. The fraction of sp³-hybridized carbons (Fsp3) is 0.103. The van der Waals surface area contributed by atoms with E-state index in [0.29, 0.717) is 29.4 Å². The predicted octanol–water partition coefficient (Wildman–Crippen LogP) is 5.64. The number of anilines is 2. The summed E-state index contributed by atoms with van der Waals surface area (Å²) in [5.74, 6) is 0.207. The van der Waals surface area contributed by atoms with Crippen LogP contribution < -0.4 is 19.7 Å². The lowest BCUT2D eigenvalue weighted by Gasteiger charge is -2.17. The number of fused-ring (bicyclic) bond motifs is 1. The van der Waals surface area contributed by atoms with Gasteiger partial charge in [0.1, 0.15) is 17.2 Å². The van der Waals surface area contributed by atoms with E-state index in [0.717, 1.165) is 16.5 Å². The first-order valence-corrected chi connectivity index (χ1v) is 11.4. The van der Waals surface area contributed by atoms with Gasteiger partial charge in [0.25, 0.3) is 11.8 Å². The number of carbonyl (C=O) groups is 2. The number of nitrogens with zero attached hydrogens (tertiary/aromatic N) is 1. The summed E-state index contributed by atoms with van der Waals surface area (Å²) in [7, 11) is 1.54. The van der Waals surface area contributed by atoms with Crippen molar-refractivity contribution >= 4 is 39.5 Å². The Morgan fingerprint density at radius 1 is 0.829 bits per heavy atom. The maximum Gasteiger partial charge on any atom is 0.282 e. The van der Waals surface area contributed by atoms with Gasteiger partial charge >= 0.3 is 0 Å². The minimum Gasteiger partial charge on any atom is -0.496 e. The van der Waals surface area contributed by atoms with E-state index in [1.165, 1.54) is 4.90 Å². The second-order valence-corrected chi connectivity index (χ2v) is 7.98. The van der Waals surface area contributed by atoms with Crippen LogP contribution in [0.1, 0.15) is 12.5 Å². The molecular weight excluding hydrogens is 440 g/mol. The molecule has 1 heterocycles. The van der Waals surface area contributed by atoms with Gasteiger partial charge in [-0.15, -0.1) is 0 Å². The van der Waals surface area contributed by atoms with Crippen molar-refractivity contribution in [2.75, 3.05) is 23.9 Å². The highest BCUT2D eigenvalue weighted by molar-refractivity contribution is 6.46. The number of carbonyl (C=O) groups excluding carboxylic acids is 2. The Labute approximate surface area is 203 Å². The molecule has 2 amide bonds. The maximum absolute atomic E-state index is 13.8. The molecule has 6 heteroatoms. The van der Waals surface area contributed by atoms with Crippen LogP contribution in [0.25, 0.3) is 16.3 Å². The van der Waals surface area contributed by atoms with Gasteiger partial charge in [-0.2, -0.15) is 0 Å². The Bertz CT molecular complexity index is 1470. The molecule has 1 aliphatic heterocycles. The van der Waals surface area contributed by atoms with Gasteiger partial charge in [0.05, 0.1) is 25.0 Å². The molecule has 0 radical (unpaired) electrons. The monoisotopic (exact) mass is 464 g/mol. The third-order valence-corrected chi connectivity index (χ3v) is 5.90. The molecule has 4 aromatic rings. The van der Waals surface area contributed by atoms with Crippen molar-refractivity contribution in [1.29, 1.82) is 0 Å². The van der Waals surface area contributed by atoms with E-state index < -0.39 is 11.8 Å². The average molecular weight is 465 g/mol. The van der Waals surface area contributed by atoms with Crippen molar-refractivity contribution in [3.8, 4) is 11.5 Å². The highest BCUT2D eigenvalue weighted by Crippen LogP contribution is 2.38. The summed E-state index contributed by atoms with van der Waals surface area (Å²) in [6, 6.07) is 27.9. The van der Waals surface area contributed by atoms with Crippen LogP contribution >= 0.6 is 0 Å². The number of para-hydroxylation sites is 1. The molecule has 0 aromatic heterocycles. The van der Waals surface area contributed by atoms with Crippen LogP contribution in [0, 0.1) is 0 Å². The SMILES string of the molecule is CCOc1cccc(N2C(=O)C(Nc3cccc4ccccc34)=C(c3ccccc3OC)C2=O)c1. The smallest absolute Gasteiger partial charge is 0.282 e. The van der Waals surface area contributed by atoms with Gasteiger partial charge in [-0.3, -0.25) is 9.59 Å². The maximum atomic E-state index is 13.8. The number of rotatable bonds is 7. The van der Waals surface area contributed by atoms with Crippen molar-refractivity contribution in [2.24, 2.45) is 0 Å². The Hall–Kier alpha value is -4.58. The zero-order chi connectivity index (χ0) is 24.4. The second kappa shape index (κ2) is 9.35. The zero-order valence-electron chi connectivity index (χ0n) is 19.4. The highest BCUT2D eigenvalue weighted by Gasteiger charge is 2.41. The summed E-state index contributed by atoms with van der Waals surface area (Å²) < 4.78 is 11.1. The summed E-state index contributed by atoms with van der Waals surface area (Å²) in [4.78, 5) is 28.8. The van der Waals surface area contributed by atoms with Crippen molar-refractivity contribution in [3.05, 3.63) is 102 Å². The minimum absolute atomic E-state index is 0.192. The first-order valence-electron chi connectivity index (χ1n) is 11.4. The summed E-state index contributed by atoms with van der Waals surface area (Å²) in [6.07, 6.45) is 0. The summed E-state index contributed by atoms with van der Waals surface area (Å²) in [5.41, 5.74) is 2.16. The largest absolute Gasteiger partial charge is 0.496 e. The van der Waals surface area contributed by atoms with Gasteiger partial charge in [0.2, 0.25) is 0 Å². The van der Waals surface area contributed by atoms with Gasteiger partial charge in [-0.25, -0.2) is 4.90 Å². The van der Waals surface area contributed by atoms with E-state index in [4.69, 9.17) is 9.47 Å². The quantitative estimate of drug-likeness (QED) is 0.358. The average Bonchev–Trinajstić information content (AvgIpc) is 3.13. The standard InChI is InChI=1S/C29H24N2O4/c1-3-35-21-13-9-12-20(18-21)31-28(32)26(23-15-6-7-17-25(23)34-2)27(29(31)33)30-24-16-8-11-19-10-4-5-14-22(19)24/h4-18,30H,3H2,1-2H3. The van der Waals surface area contributed by atoms with E-state index in [-0.39, 0.29) is 11.3 Å². The molecule has 35 heavy (non-hydrogen) atoms. The predicted molar refractivity (Wildman–Crippen MR) is 138 cm³/mol. The van der Waals surface area contributed by atoms with Crippen molar-refractivity contribution in [2.45, 2.75) is 6.92 Å². The van der Waals surface area contributed by atoms with Crippen molar-refractivity contribution in [3.63, 3.8) is 0 Å². The fourth-order valence-electron chi connectivity index (χ4n) is 4.33. The molecule has 5 rings (SSSR count). The molecule has 0 atom stereocenters. The fourth-order valence-corrected chi connectivity index (χ4v) is 4.33. The number of hydrogen-bond donors (Lipinski definition) is 1. The molecule has 0 bridgehead atoms. The van der Waals surface area contributed by atoms with Crippen LogP contribution in [0.5, 0.6) is 11.5 Å². The molecule has 1 aliphatic rings. The Balaban J connectivity index is 1.66. The lowest BCUT2D eigenvalue weighted by Crippen LogP contribution is -2.32. The van der Waals surface area contributed by atoms with Crippen molar-refractivity contribution in [1.82, 2.24) is 0 Å². The molecule has 6 nitrogen and oxygen atoms in total. The summed E-state index contributed by atoms with van der Waals surface area (Å²) in [5, 5.41) is 5.25. The van der Waals surface area contributed by atoms with E-state index in [2.05, 4.69) is 5.32 Å². The summed E-state index contributed by atoms with van der Waals surface area (Å²) in [6.45, 7) is 2.36. The van der Waals surface area contributed by atoms with E-state index >= 15 is 0 Å². The molecule has 0 saturated heterocycles. The van der Waals surface area contributed by atoms with Gasteiger partial charge in [-0.1, -0.05) is 60.7 Å². The van der Waals surface area contributed by atoms with Crippen LogP contribution in [-0.2, 0) is 9.59 Å². The van der Waals surface area contributed by atoms with Gasteiger partial charge < -0.3 is 14.8 Å². The number of nitrogens with one attached hydrogen (secondary N) is 1. The molecule has 0 saturated carbocycles. The van der Waals surface area contributed by atoms with E-state index in [9.17, 15) is 9.59 Å². The van der Waals surface area contributed by atoms with E-state index in [1.54, 1.807) is 43.5 Å². The third-order valence-electron chi connectivity index (χ3n) is 5.90. The number of benzene rings is 4. The van der Waals surface area contributed by atoms with Gasteiger partial charge in [0, 0.05) is 22.7 Å². The number of imide groups is 1. The van der Waals surface area contributed by atoms with Crippen LogP contribution in [0.15, 0.2) is 96.7 Å². The van der Waals surface area contributed by atoms with Crippen LogP contribution in [-0.4, -0.2) is 25.5 Å². The van der Waals surface area contributed by atoms with E-state index in [1.807, 2.05) is 61.5 Å². The highest BCUT2D eigenvalue weighted by atomic mass is 16.5. The Morgan fingerprint density at radius 2 is 1.57 bits per heavy atom. The molecule has 0 fully saturated rings. The zero-order valence-corrected chi connectivity index (χ0v) is 19.4. The molecule has 4 aromatic carbocycles. The number of methoxy groups -OCH3 is 1. The Kier molecular flexibility index (Phi) is 5.94. The normalized spacial score (nSPS) is 13.5. The molecular formula is C29H24N2O4. The third kappa shape index (κ3) is 3.99. The topological polar surface area (TPSA) is 67.9 Å².